The fourth-order valence-electron chi connectivity index (χ4n) is 2.67. The largest absolute Gasteiger partial charge is 0.496 e. The molecule has 3 aromatic carbocycles. The standard InChI is InChI=1S/C19H17NO4/c1-23-17-10-8-16(13-5-3-4-6-14(13)17)20-12-7-9-18(24-2)15(11-12)19(21)22/h3-11,20H,1-2H3,(H,21,22). The van der Waals surface area contributed by atoms with Gasteiger partial charge in [0.15, 0.2) is 0 Å². The van der Waals surface area contributed by atoms with E-state index in [1.165, 1.54) is 7.11 Å². The predicted octanol–water partition coefficient (Wildman–Crippen LogP) is 4.30. The molecule has 0 saturated carbocycles. The zero-order chi connectivity index (χ0) is 17.1. The lowest BCUT2D eigenvalue weighted by Crippen LogP contribution is -2.02. The predicted molar refractivity (Wildman–Crippen MR) is 93.7 cm³/mol. The summed E-state index contributed by atoms with van der Waals surface area (Å²) in [5.41, 5.74) is 1.65. The number of carbonyl (C=O) groups is 1. The molecule has 0 fully saturated rings. The van der Waals surface area contributed by atoms with Gasteiger partial charge < -0.3 is 19.9 Å². The number of carboxylic acid groups (broad SMARTS) is 1. The summed E-state index contributed by atoms with van der Waals surface area (Å²) in [4.78, 5) is 11.4. The van der Waals surface area contributed by atoms with Crippen LogP contribution in [-0.4, -0.2) is 25.3 Å². The van der Waals surface area contributed by atoms with E-state index in [-0.39, 0.29) is 5.56 Å². The van der Waals surface area contributed by atoms with Crippen LogP contribution < -0.4 is 14.8 Å². The van der Waals surface area contributed by atoms with E-state index in [0.29, 0.717) is 11.4 Å². The average Bonchev–Trinajstić information content (AvgIpc) is 2.62. The van der Waals surface area contributed by atoms with Crippen molar-refractivity contribution in [2.45, 2.75) is 0 Å². The fraction of sp³-hybridized carbons (Fsp3) is 0.105. The quantitative estimate of drug-likeness (QED) is 0.733. The number of carboxylic acids is 1. The molecule has 0 radical (unpaired) electrons. The topological polar surface area (TPSA) is 67.8 Å². The van der Waals surface area contributed by atoms with E-state index < -0.39 is 5.97 Å². The lowest BCUT2D eigenvalue weighted by Gasteiger charge is -2.14. The van der Waals surface area contributed by atoms with Gasteiger partial charge in [-0.15, -0.1) is 0 Å². The second-order valence-electron chi connectivity index (χ2n) is 5.21. The van der Waals surface area contributed by atoms with Crippen LogP contribution in [0.2, 0.25) is 0 Å². The van der Waals surface area contributed by atoms with Crippen LogP contribution in [0.4, 0.5) is 11.4 Å². The third kappa shape index (κ3) is 2.84. The Bertz CT molecular complexity index is 905. The molecule has 3 rings (SSSR count). The second kappa shape index (κ2) is 6.50. The molecule has 0 aliphatic rings. The molecule has 5 heteroatoms. The molecule has 0 amide bonds. The Morgan fingerprint density at radius 2 is 1.58 bits per heavy atom. The fourth-order valence-corrected chi connectivity index (χ4v) is 2.67. The van der Waals surface area contributed by atoms with E-state index >= 15 is 0 Å². The molecule has 0 bridgehead atoms. The van der Waals surface area contributed by atoms with E-state index in [4.69, 9.17) is 9.47 Å². The van der Waals surface area contributed by atoms with E-state index in [2.05, 4.69) is 5.32 Å². The first kappa shape index (κ1) is 15.7. The number of hydrogen-bond donors (Lipinski definition) is 2. The molecular weight excluding hydrogens is 306 g/mol. The Hall–Kier alpha value is -3.21. The van der Waals surface area contributed by atoms with Crippen molar-refractivity contribution in [3.63, 3.8) is 0 Å². The molecular formula is C19H17NO4. The van der Waals surface area contributed by atoms with Gasteiger partial charge in [0.1, 0.15) is 17.1 Å². The van der Waals surface area contributed by atoms with Gasteiger partial charge in [0.2, 0.25) is 0 Å². The Morgan fingerprint density at radius 3 is 2.25 bits per heavy atom. The van der Waals surface area contributed by atoms with Crippen LogP contribution in [0.1, 0.15) is 10.4 Å². The first-order valence-corrected chi connectivity index (χ1v) is 7.38. The van der Waals surface area contributed by atoms with Crippen molar-refractivity contribution < 1.29 is 19.4 Å². The van der Waals surface area contributed by atoms with Crippen molar-refractivity contribution in [2.75, 3.05) is 19.5 Å². The van der Waals surface area contributed by atoms with Gasteiger partial charge in [0.05, 0.1) is 14.2 Å². The van der Waals surface area contributed by atoms with Crippen LogP contribution in [0, 0.1) is 0 Å². The molecule has 24 heavy (non-hydrogen) atoms. The number of rotatable bonds is 5. The maximum atomic E-state index is 11.4. The maximum absolute atomic E-state index is 11.4. The van der Waals surface area contributed by atoms with Crippen molar-refractivity contribution in [3.8, 4) is 11.5 Å². The Balaban J connectivity index is 2.05. The summed E-state index contributed by atoms with van der Waals surface area (Å²) >= 11 is 0. The first-order valence-electron chi connectivity index (χ1n) is 7.38. The van der Waals surface area contributed by atoms with Crippen LogP contribution in [0.25, 0.3) is 10.8 Å². The van der Waals surface area contributed by atoms with Crippen LogP contribution in [0.5, 0.6) is 11.5 Å². The molecule has 3 aromatic rings. The average molecular weight is 323 g/mol. The summed E-state index contributed by atoms with van der Waals surface area (Å²) in [5.74, 6) is 0.0832. The number of methoxy groups -OCH3 is 2. The van der Waals surface area contributed by atoms with Crippen molar-refractivity contribution >= 4 is 28.1 Å². The number of fused-ring (bicyclic) bond motifs is 1. The highest BCUT2D eigenvalue weighted by Gasteiger charge is 2.12. The summed E-state index contributed by atoms with van der Waals surface area (Å²) in [6.07, 6.45) is 0. The monoisotopic (exact) mass is 323 g/mol. The second-order valence-corrected chi connectivity index (χ2v) is 5.21. The van der Waals surface area contributed by atoms with Gasteiger partial charge in [-0.05, 0) is 30.3 Å². The molecule has 0 spiro atoms. The number of benzene rings is 3. The normalized spacial score (nSPS) is 10.4. The van der Waals surface area contributed by atoms with Gasteiger partial charge in [-0.2, -0.15) is 0 Å². The van der Waals surface area contributed by atoms with Gasteiger partial charge in [-0.1, -0.05) is 24.3 Å². The van der Waals surface area contributed by atoms with Gasteiger partial charge in [0, 0.05) is 22.1 Å². The number of hydrogen-bond acceptors (Lipinski definition) is 4. The van der Waals surface area contributed by atoms with Crippen molar-refractivity contribution in [1.82, 2.24) is 0 Å². The minimum Gasteiger partial charge on any atom is -0.496 e. The molecule has 0 saturated heterocycles. The van der Waals surface area contributed by atoms with Crippen LogP contribution >= 0.6 is 0 Å². The van der Waals surface area contributed by atoms with Gasteiger partial charge >= 0.3 is 5.97 Å². The number of nitrogens with one attached hydrogen (secondary N) is 1. The molecule has 2 N–H and O–H groups in total. The molecule has 0 aromatic heterocycles. The minimum absolute atomic E-state index is 0.111. The number of anilines is 2. The van der Waals surface area contributed by atoms with E-state index in [0.717, 1.165) is 22.2 Å². The van der Waals surface area contributed by atoms with E-state index in [1.807, 2.05) is 36.4 Å². The highest BCUT2D eigenvalue weighted by molar-refractivity contribution is 5.99. The lowest BCUT2D eigenvalue weighted by molar-refractivity contribution is 0.0693. The highest BCUT2D eigenvalue weighted by Crippen LogP contribution is 2.33. The maximum Gasteiger partial charge on any atom is 0.339 e. The molecule has 0 atom stereocenters. The number of ether oxygens (including phenoxy) is 2. The number of aromatic carboxylic acids is 1. The third-order valence-electron chi connectivity index (χ3n) is 3.81. The van der Waals surface area contributed by atoms with Crippen molar-refractivity contribution in [3.05, 3.63) is 60.2 Å². The molecule has 0 aliphatic heterocycles. The van der Waals surface area contributed by atoms with Gasteiger partial charge in [-0.25, -0.2) is 4.79 Å². The third-order valence-corrected chi connectivity index (χ3v) is 3.81. The van der Waals surface area contributed by atoms with Crippen LogP contribution in [0.15, 0.2) is 54.6 Å². The Kier molecular flexibility index (Phi) is 4.24. The van der Waals surface area contributed by atoms with Crippen molar-refractivity contribution in [2.24, 2.45) is 0 Å². The Morgan fingerprint density at radius 1 is 0.917 bits per heavy atom. The van der Waals surface area contributed by atoms with Crippen LogP contribution in [-0.2, 0) is 0 Å². The molecule has 0 unspecified atom stereocenters. The zero-order valence-corrected chi connectivity index (χ0v) is 13.4. The molecule has 122 valence electrons. The van der Waals surface area contributed by atoms with Gasteiger partial charge in [0.25, 0.3) is 0 Å². The summed E-state index contributed by atoms with van der Waals surface area (Å²) in [6.45, 7) is 0. The van der Waals surface area contributed by atoms with Gasteiger partial charge in [-0.3, -0.25) is 0 Å². The Labute approximate surface area is 139 Å². The zero-order valence-electron chi connectivity index (χ0n) is 13.4. The molecule has 5 nitrogen and oxygen atoms in total. The smallest absolute Gasteiger partial charge is 0.339 e. The first-order chi connectivity index (χ1) is 11.6. The minimum atomic E-state index is -1.03. The van der Waals surface area contributed by atoms with Crippen LogP contribution in [0.3, 0.4) is 0 Å². The van der Waals surface area contributed by atoms with E-state index in [1.54, 1.807) is 25.3 Å². The molecule has 0 aliphatic carbocycles. The van der Waals surface area contributed by atoms with E-state index in [9.17, 15) is 9.90 Å². The summed E-state index contributed by atoms with van der Waals surface area (Å²) in [5, 5.41) is 14.5. The summed E-state index contributed by atoms with van der Waals surface area (Å²) in [7, 11) is 3.09. The SMILES string of the molecule is COc1ccc(Nc2ccc(OC)c3ccccc23)cc1C(=O)O. The lowest BCUT2D eigenvalue weighted by atomic mass is 10.1. The van der Waals surface area contributed by atoms with Crippen molar-refractivity contribution in [1.29, 1.82) is 0 Å². The summed E-state index contributed by atoms with van der Waals surface area (Å²) < 4.78 is 10.5. The molecule has 0 heterocycles. The highest BCUT2D eigenvalue weighted by atomic mass is 16.5. The summed E-state index contributed by atoms with van der Waals surface area (Å²) in [6, 6.07) is 16.6.